The van der Waals surface area contributed by atoms with Crippen LogP contribution in [0.1, 0.15) is 18.9 Å². The van der Waals surface area contributed by atoms with E-state index >= 15 is 0 Å². The summed E-state index contributed by atoms with van der Waals surface area (Å²) in [5.41, 5.74) is 1.21. The predicted octanol–water partition coefficient (Wildman–Crippen LogP) is 1.66. The van der Waals surface area contributed by atoms with E-state index in [1.54, 1.807) is 19.1 Å². The molecule has 0 heterocycles. The second-order valence-electron chi connectivity index (χ2n) is 4.74. The highest BCUT2D eigenvalue weighted by molar-refractivity contribution is 6.31. The van der Waals surface area contributed by atoms with Crippen LogP contribution in [0.2, 0.25) is 5.02 Å². The number of nitrogens with one attached hydrogen (secondary N) is 2. The first-order valence-corrected chi connectivity index (χ1v) is 7.25. The van der Waals surface area contributed by atoms with Crippen molar-refractivity contribution >= 4 is 35.1 Å². The molecule has 126 valence electrons. The molecule has 0 aromatic heterocycles. The van der Waals surface area contributed by atoms with E-state index in [-0.39, 0.29) is 18.9 Å². The second-order valence-corrected chi connectivity index (χ2v) is 5.15. The fourth-order valence-corrected chi connectivity index (χ4v) is 1.83. The third kappa shape index (κ3) is 6.56. The molecule has 7 nitrogen and oxygen atoms in total. The summed E-state index contributed by atoms with van der Waals surface area (Å²) in [6.45, 7) is 2.88. The molecule has 0 aliphatic heterocycles. The Morgan fingerprint density at radius 3 is 2.57 bits per heavy atom. The van der Waals surface area contributed by atoms with Crippen molar-refractivity contribution in [2.75, 3.05) is 25.6 Å². The van der Waals surface area contributed by atoms with E-state index in [1.807, 2.05) is 0 Å². The number of benzene rings is 1. The van der Waals surface area contributed by atoms with Crippen LogP contribution in [0, 0.1) is 6.92 Å². The number of carbonyl (C=O) groups is 3. The first-order valence-electron chi connectivity index (χ1n) is 6.87. The Kier molecular flexibility index (Phi) is 7.34. The summed E-state index contributed by atoms with van der Waals surface area (Å²) in [7, 11) is 1.46. The van der Waals surface area contributed by atoms with Gasteiger partial charge in [-0.25, -0.2) is 0 Å². The molecule has 1 aromatic rings. The molecule has 1 aromatic carbocycles. The van der Waals surface area contributed by atoms with Crippen molar-refractivity contribution < 1.29 is 23.9 Å². The Morgan fingerprint density at radius 1 is 1.26 bits per heavy atom. The van der Waals surface area contributed by atoms with E-state index in [1.165, 1.54) is 14.0 Å². The van der Waals surface area contributed by atoms with Gasteiger partial charge in [0.1, 0.15) is 5.75 Å². The van der Waals surface area contributed by atoms with Crippen LogP contribution < -0.4 is 15.4 Å². The lowest BCUT2D eigenvalue weighted by Crippen LogP contribution is -2.26. The molecular formula is C15H19ClN2O5. The van der Waals surface area contributed by atoms with Gasteiger partial charge in [0.05, 0.1) is 19.2 Å². The number of hydrogen-bond acceptors (Lipinski definition) is 5. The fraction of sp³-hybridized carbons (Fsp3) is 0.400. The van der Waals surface area contributed by atoms with Crippen molar-refractivity contribution in [3.8, 4) is 5.75 Å². The van der Waals surface area contributed by atoms with E-state index in [0.717, 1.165) is 5.56 Å². The predicted molar refractivity (Wildman–Crippen MR) is 85.6 cm³/mol. The van der Waals surface area contributed by atoms with E-state index in [4.69, 9.17) is 21.1 Å². The summed E-state index contributed by atoms with van der Waals surface area (Å²) in [5, 5.41) is 5.57. The molecule has 0 bridgehead atoms. The molecule has 0 atom stereocenters. The normalized spacial score (nSPS) is 9.91. The standard InChI is InChI=1S/C15H19ClN2O5/c1-9-6-12(13(22-3)7-11(9)16)18-14(20)8-23-15(21)4-5-17-10(2)19/h6-7H,4-5,8H2,1-3H3,(H,17,19)(H,18,20). The van der Waals surface area contributed by atoms with Gasteiger partial charge in [-0.2, -0.15) is 0 Å². The fourth-order valence-electron chi connectivity index (χ4n) is 1.67. The van der Waals surface area contributed by atoms with E-state index < -0.39 is 18.5 Å². The highest BCUT2D eigenvalue weighted by atomic mass is 35.5. The first kappa shape index (κ1) is 18.8. The maximum Gasteiger partial charge on any atom is 0.308 e. The lowest BCUT2D eigenvalue weighted by atomic mass is 10.2. The van der Waals surface area contributed by atoms with Crippen LogP contribution in [-0.4, -0.2) is 38.0 Å². The molecule has 0 radical (unpaired) electrons. The minimum Gasteiger partial charge on any atom is -0.495 e. The maximum atomic E-state index is 11.8. The molecule has 0 saturated heterocycles. The number of methoxy groups -OCH3 is 1. The highest BCUT2D eigenvalue weighted by Crippen LogP contribution is 2.30. The third-order valence-electron chi connectivity index (χ3n) is 2.82. The third-order valence-corrected chi connectivity index (χ3v) is 3.23. The number of halogens is 1. The summed E-state index contributed by atoms with van der Waals surface area (Å²) in [6, 6.07) is 3.25. The van der Waals surface area contributed by atoms with Crippen molar-refractivity contribution in [3.63, 3.8) is 0 Å². The van der Waals surface area contributed by atoms with Crippen LogP contribution in [0.3, 0.4) is 0 Å². The van der Waals surface area contributed by atoms with Gasteiger partial charge in [0.25, 0.3) is 5.91 Å². The van der Waals surface area contributed by atoms with Crippen molar-refractivity contribution in [2.45, 2.75) is 20.3 Å². The number of rotatable bonds is 7. The number of aryl methyl sites for hydroxylation is 1. The Labute approximate surface area is 139 Å². The summed E-state index contributed by atoms with van der Waals surface area (Å²) >= 11 is 5.98. The number of esters is 1. The number of ether oxygens (including phenoxy) is 2. The van der Waals surface area contributed by atoms with Crippen LogP contribution in [0.5, 0.6) is 5.75 Å². The Balaban J connectivity index is 2.49. The van der Waals surface area contributed by atoms with Crippen molar-refractivity contribution in [3.05, 3.63) is 22.7 Å². The van der Waals surface area contributed by atoms with E-state index in [0.29, 0.717) is 16.5 Å². The molecule has 0 spiro atoms. The minimum atomic E-state index is -0.576. The van der Waals surface area contributed by atoms with Gasteiger partial charge in [0.15, 0.2) is 6.61 Å². The largest absolute Gasteiger partial charge is 0.495 e. The molecule has 0 saturated carbocycles. The number of anilines is 1. The maximum absolute atomic E-state index is 11.8. The van der Waals surface area contributed by atoms with Gasteiger partial charge in [-0.05, 0) is 18.6 Å². The smallest absolute Gasteiger partial charge is 0.308 e. The molecule has 0 fully saturated rings. The van der Waals surface area contributed by atoms with E-state index in [9.17, 15) is 14.4 Å². The zero-order valence-corrected chi connectivity index (χ0v) is 14.0. The zero-order valence-electron chi connectivity index (χ0n) is 13.2. The average molecular weight is 343 g/mol. The van der Waals surface area contributed by atoms with Crippen molar-refractivity contribution in [2.24, 2.45) is 0 Å². The topological polar surface area (TPSA) is 93.7 Å². The highest BCUT2D eigenvalue weighted by Gasteiger charge is 2.12. The van der Waals surface area contributed by atoms with Gasteiger partial charge in [0.2, 0.25) is 5.91 Å². The molecule has 0 aliphatic carbocycles. The van der Waals surface area contributed by atoms with Gasteiger partial charge in [-0.3, -0.25) is 14.4 Å². The van der Waals surface area contributed by atoms with Crippen LogP contribution in [0.25, 0.3) is 0 Å². The molecule has 0 unspecified atom stereocenters. The molecule has 0 aliphatic rings. The van der Waals surface area contributed by atoms with Crippen LogP contribution >= 0.6 is 11.6 Å². The number of amides is 2. The Morgan fingerprint density at radius 2 is 1.96 bits per heavy atom. The van der Waals surface area contributed by atoms with Crippen molar-refractivity contribution in [1.29, 1.82) is 0 Å². The van der Waals surface area contributed by atoms with Crippen LogP contribution in [-0.2, 0) is 19.1 Å². The van der Waals surface area contributed by atoms with Gasteiger partial charge in [0, 0.05) is 24.6 Å². The second kappa shape index (κ2) is 8.99. The Bertz CT molecular complexity index is 604. The van der Waals surface area contributed by atoms with Gasteiger partial charge >= 0.3 is 5.97 Å². The molecule has 2 N–H and O–H groups in total. The quantitative estimate of drug-likeness (QED) is 0.735. The summed E-state index contributed by atoms with van der Waals surface area (Å²) in [5.74, 6) is -0.905. The van der Waals surface area contributed by atoms with Crippen molar-refractivity contribution in [1.82, 2.24) is 5.32 Å². The molecule has 1 rings (SSSR count). The van der Waals surface area contributed by atoms with Crippen LogP contribution in [0.4, 0.5) is 5.69 Å². The molecule has 8 heteroatoms. The SMILES string of the molecule is COc1cc(Cl)c(C)cc1NC(=O)COC(=O)CCNC(C)=O. The van der Waals surface area contributed by atoms with E-state index in [2.05, 4.69) is 10.6 Å². The summed E-state index contributed by atoms with van der Waals surface area (Å²) < 4.78 is 9.95. The van der Waals surface area contributed by atoms with Gasteiger partial charge in [-0.1, -0.05) is 11.6 Å². The summed E-state index contributed by atoms with van der Waals surface area (Å²) in [6.07, 6.45) is -0.00374. The lowest BCUT2D eigenvalue weighted by Gasteiger charge is -2.12. The average Bonchev–Trinajstić information content (AvgIpc) is 2.48. The Hall–Kier alpha value is -2.28. The zero-order chi connectivity index (χ0) is 17.4. The lowest BCUT2D eigenvalue weighted by molar-refractivity contribution is -0.147. The minimum absolute atomic E-state index is 0.00374. The van der Waals surface area contributed by atoms with Gasteiger partial charge < -0.3 is 20.1 Å². The first-order chi connectivity index (χ1) is 10.8. The van der Waals surface area contributed by atoms with Crippen LogP contribution in [0.15, 0.2) is 12.1 Å². The molecular weight excluding hydrogens is 324 g/mol. The molecule has 23 heavy (non-hydrogen) atoms. The summed E-state index contributed by atoms with van der Waals surface area (Å²) in [4.78, 5) is 33.9. The number of carbonyl (C=O) groups excluding carboxylic acids is 3. The number of hydrogen-bond donors (Lipinski definition) is 2. The van der Waals surface area contributed by atoms with Gasteiger partial charge in [-0.15, -0.1) is 0 Å². The molecule has 2 amide bonds. The monoisotopic (exact) mass is 342 g/mol.